The summed E-state index contributed by atoms with van der Waals surface area (Å²) in [7, 11) is 1.90. The van der Waals surface area contributed by atoms with Crippen LogP contribution >= 0.6 is 0 Å². The minimum atomic E-state index is 0.0664. The van der Waals surface area contributed by atoms with E-state index >= 15 is 0 Å². The molecule has 0 bridgehead atoms. The van der Waals surface area contributed by atoms with Crippen LogP contribution in [-0.4, -0.2) is 59.1 Å². The highest BCUT2D eigenvalue weighted by Gasteiger charge is 2.29. The Labute approximate surface area is 190 Å². The standard InChI is InChI=1S/C25H33N5O2/c1-3-20(22-17-27-29(2)18-22)6-4-19-5-7-24(26-16-19)28-25(31)21-8-12-30(13-9-21)23-10-14-32-15-11-23/h3-4,6-7,16-18,21,23H,1,5,8-15H2,2H3,(H,28,31)/b19-4+,20-6+. The Bertz CT molecular complexity index is 941. The number of aryl methyl sites for hydroxylation is 1. The fourth-order valence-corrected chi connectivity index (χ4v) is 4.52. The zero-order valence-electron chi connectivity index (χ0n) is 18.9. The van der Waals surface area contributed by atoms with Crippen molar-refractivity contribution in [1.82, 2.24) is 20.0 Å². The van der Waals surface area contributed by atoms with Gasteiger partial charge in [0.25, 0.3) is 0 Å². The summed E-state index contributed by atoms with van der Waals surface area (Å²) < 4.78 is 7.24. The molecule has 1 aromatic heterocycles. The van der Waals surface area contributed by atoms with E-state index in [0.29, 0.717) is 11.9 Å². The number of hydrogen-bond donors (Lipinski definition) is 1. The van der Waals surface area contributed by atoms with Gasteiger partial charge in [-0.2, -0.15) is 5.10 Å². The lowest BCUT2D eigenvalue weighted by Crippen LogP contribution is -2.46. The lowest BCUT2D eigenvalue weighted by Gasteiger charge is -2.38. The minimum absolute atomic E-state index is 0.0664. The number of nitrogens with zero attached hydrogens (tertiary/aromatic N) is 4. The Morgan fingerprint density at radius 3 is 2.66 bits per heavy atom. The van der Waals surface area contributed by atoms with Gasteiger partial charge in [0.05, 0.1) is 6.20 Å². The Morgan fingerprint density at radius 2 is 2.03 bits per heavy atom. The summed E-state index contributed by atoms with van der Waals surface area (Å²) in [5.41, 5.74) is 3.11. The van der Waals surface area contributed by atoms with Crippen LogP contribution < -0.4 is 5.32 Å². The number of ether oxygens (including phenoxy) is 1. The molecule has 1 amide bonds. The van der Waals surface area contributed by atoms with Gasteiger partial charge in [-0.05, 0) is 62.4 Å². The van der Waals surface area contributed by atoms with E-state index in [1.54, 1.807) is 4.68 Å². The van der Waals surface area contributed by atoms with Gasteiger partial charge in [0.1, 0.15) is 5.82 Å². The number of aromatic nitrogens is 2. The average Bonchev–Trinajstić information content (AvgIpc) is 3.27. The highest BCUT2D eigenvalue weighted by atomic mass is 16.5. The summed E-state index contributed by atoms with van der Waals surface area (Å²) in [5.74, 6) is 0.814. The molecule has 170 valence electrons. The van der Waals surface area contributed by atoms with E-state index in [2.05, 4.69) is 26.9 Å². The van der Waals surface area contributed by atoms with E-state index in [-0.39, 0.29) is 11.8 Å². The summed E-state index contributed by atoms with van der Waals surface area (Å²) >= 11 is 0. The quantitative estimate of drug-likeness (QED) is 0.697. The molecular weight excluding hydrogens is 402 g/mol. The van der Waals surface area contributed by atoms with Gasteiger partial charge in [-0.25, -0.2) is 4.99 Å². The second kappa shape index (κ2) is 10.7. The molecule has 7 heteroatoms. The molecule has 0 spiro atoms. The van der Waals surface area contributed by atoms with Crippen molar-refractivity contribution in [2.24, 2.45) is 18.0 Å². The molecule has 0 radical (unpaired) electrons. The van der Waals surface area contributed by atoms with Crippen molar-refractivity contribution in [3.05, 3.63) is 60.2 Å². The Kier molecular flexibility index (Phi) is 7.50. The number of allylic oxidation sites excluding steroid dienone is 6. The summed E-state index contributed by atoms with van der Waals surface area (Å²) in [6.45, 7) is 7.61. The number of carbonyl (C=O) groups excluding carboxylic acids is 1. The second-order valence-corrected chi connectivity index (χ2v) is 8.67. The van der Waals surface area contributed by atoms with E-state index < -0.39 is 0 Å². The molecule has 1 N–H and O–H groups in total. The Balaban J connectivity index is 1.26. The molecule has 0 aliphatic carbocycles. The van der Waals surface area contributed by atoms with E-state index in [9.17, 15) is 4.79 Å². The normalized spacial score (nSPS) is 22.7. The van der Waals surface area contributed by atoms with E-state index in [4.69, 9.17) is 4.74 Å². The molecule has 0 saturated carbocycles. The summed E-state index contributed by atoms with van der Waals surface area (Å²) in [6.07, 6.45) is 18.2. The number of carbonyl (C=O) groups is 1. The first kappa shape index (κ1) is 22.4. The van der Waals surface area contributed by atoms with Crippen LogP contribution in [0.2, 0.25) is 0 Å². The first-order valence-corrected chi connectivity index (χ1v) is 11.5. The molecule has 0 aromatic carbocycles. The van der Waals surface area contributed by atoms with Gasteiger partial charge in [0.15, 0.2) is 0 Å². The zero-order valence-corrected chi connectivity index (χ0v) is 18.9. The maximum absolute atomic E-state index is 12.7. The van der Waals surface area contributed by atoms with Crippen LogP contribution in [0, 0.1) is 5.92 Å². The van der Waals surface area contributed by atoms with E-state index in [1.807, 2.05) is 50.0 Å². The molecule has 7 nitrogen and oxygen atoms in total. The van der Waals surface area contributed by atoms with Crippen LogP contribution in [0.25, 0.3) is 5.57 Å². The van der Waals surface area contributed by atoms with Crippen LogP contribution in [0.1, 0.15) is 37.7 Å². The fraction of sp³-hybridized carbons (Fsp3) is 0.480. The van der Waals surface area contributed by atoms with Crippen molar-refractivity contribution in [3.8, 4) is 0 Å². The van der Waals surface area contributed by atoms with E-state index in [1.165, 1.54) is 0 Å². The third kappa shape index (κ3) is 5.72. The maximum Gasteiger partial charge on any atom is 0.228 e. The van der Waals surface area contributed by atoms with Crippen molar-refractivity contribution in [2.45, 2.75) is 38.1 Å². The van der Waals surface area contributed by atoms with Gasteiger partial charge in [-0.3, -0.25) is 9.48 Å². The largest absolute Gasteiger partial charge is 0.381 e. The molecular formula is C25H33N5O2. The number of nitrogens with one attached hydrogen (secondary N) is 1. The van der Waals surface area contributed by atoms with Crippen LogP contribution in [-0.2, 0) is 16.6 Å². The van der Waals surface area contributed by atoms with Crippen LogP contribution in [0.3, 0.4) is 0 Å². The number of likely N-dealkylation sites (tertiary alicyclic amines) is 1. The first-order valence-electron chi connectivity index (χ1n) is 11.5. The third-order valence-electron chi connectivity index (χ3n) is 6.49. The molecule has 2 fully saturated rings. The van der Waals surface area contributed by atoms with Crippen LogP contribution in [0.5, 0.6) is 0 Å². The van der Waals surface area contributed by atoms with E-state index in [0.717, 1.165) is 75.1 Å². The van der Waals surface area contributed by atoms with Gasteiger partial charge in [-0.1, -0.05) is 24.8 Å². The van der Waals surface area contributed by atoms with Crippen molar-refractivity contribution < 1.29 is 9.53 Å². The Morgan fingerprint density at radius 1 is 1.25 bits per heavy atom. The third-order valence-corrected chi connectivity index (χ3v) is 6.49. The van der Waals surface area contributed by atoms with Gasteiger partial charge in [0.2, 0.25) is 5.91 Å². The predicted octanol–water partition coefficient (Wildman–Crippen LogP) is 3.24. The second-order valence-electron chi connectivity index (χ2n) is 8.67. The lowest BCUT2D eigenvalue weighted by atomic mass is 9.93. The number of rotatable bonds is 6. The number of piperidine rings is 1. The van der Waals surface area contributed by atoms with Crippen LogP contribution in [0.15, 0.2) is 59.7 Å². The van der Waals surface area contributed by atoms with Crippen LogP contribution in [0.4, 0.5) is 0 Å². The highest BCUT2D eigenvalue weighted by molar-refractivity contribution is 5.85. The molecule has 0 unspecified atom stereocenters. The molecule has 3 aliphatic heterocycles. The number of aliphatic imine (C=N–C) groups is 1. The van der Waals surface area contributed by atoms with Crippen molar-refractivity contribution in [1.29, 1.82) is 0 Å². The molecule has 1 aromatic rings. The molecule has 2 saturated heterocycles. The zero-order chi connectivity index (χ0) is 22.3. The Hall–Kier alpha value is -2.77. The van der Waals surface area contributed by atoms with Crippen molar-refractivity contribution >= 4 is 17.7 Å². The summed E-state index contributed by atoms with van der Waals surface area (Å²) in [6, 6.07) is 0.623. The minimum Gasteiger partial charge on any atom is -0.381 e. The molecule has 32 heavy (non-hydrogen) atoms. The van der Waals surface area contributed by atoms with Gasteiger partial charge in [-0.15, -0.1) is 0 Å². The number of hydrogen-bond acceptors (Lipinski definition) is 5. The topological polar surface area (TPSA) is 71.8 Å². The molecule has 3 aliphatic rings. The average molecular weight is 436 g/mol. The lowest BCUT2D eigenvalue weighted by molar-refractivity contribution is -0.126. The van der Waals surface area contributed by atoms with Gasteiger partial charge in [0, 0.05) is 50.2 Å². The monoisotopic (exact) mass is 435 g/mol. The van der Waals surface area contributed by atoms with Crippen molar-refractivity contribution in [3.63, 3.8) is 0 Å². The number of amides is 1. The first-order chi connectivity index (χ1) is 15.6. The molecule has 4 rings (SSSR count). The summed E-state index contributed by atoms with van der Waals surface area (Å²) in [5, 5.41) is 7.23. The maximum atomic E-state index is 12.7. The van der Waals surface area contributed by atoms with Gasteiger partial charge < -0.3 is 15.0 Å². The smallest absolute Gasteiger partial charge is 0.228 e. The van der Waals surface area contributed by atoms with Gasteiger partial charge >= 0.3 is 0 Å². The highest BCUT2D eigenvalue weighted by Crippen LogP contribution is 2.24. The predicted molar refractivity (Wildman–Crippen MR) is 127 cm³/mol. The molecule has 4 heterocycles. The fourth-order valence-electron chi connectivity index (χ4n) is 4.52. The van der Waals surface area contributed by atoms with Crippen molar-refractivity contribution in [2.75, 3.05) is 26.3 Å². The SMILES string of the molecule is C=C/C(=C\C=C1\C=NC(NC(=O)C2CCN(C3CCOCC3)CC2)=CC1)c1cnn(C)c1. The molecule has 0 atom stereocenters. The summed E-state index contributed by atoms with van der Waals surface area (Å²) in [4.78, 5) is 19.7.